The van der Waals surface area contributed by atoms with E-state index in [2.05, 4.69) is 34.6 Å². The topological polar surface area (TPSA) is 0 Å². The molecule has 1 saturated carbocycles. The molecule has 3 atom stereocenters. The number of hydrogen-bond acceptors (Lipinski definition) is 0. The van der Waals surface area contributed by atoms with Crippen LogP contribution >= 0.6 is 0 Å². The molecule has 0 bridgehead atoms. The van der Waals surface area contributed by atoms with Crippen molar-refractivity contribution in [2.75, 3.05) is 0 Å². The van der Waals surface area contributed by atoms with Gasteiger partial charge in [0, 0.05) is 0 Å². The van der Waals surface area contributed by atoms with Crippen molar-refractivity contribution >= 4 is 0 Å². The molecule has 0 heterocycles. The van der Waals surface area contributed by atoms with Gasteiger partial charge in [-0.15, -0.1) is 0 Å². The summed E-state index contributed by atoms with van der Waals surface area (Å²) in [5.41, 5.74) is 0. The predicted octanol–water partition coefficient (Wildman–Crippen LogP) is 5.13. The predicted molar refractivity (Wildman–Crippen MR) is 68.9 cm³/mol. The number of hydrogen-bond donors (Lipinski definition) is 0. The van der Waals surface area contributed by atoms with Crippen molar-refractivity contribution in [3.63, 3.8) is 0 Å². The van der Waals surface area contributed by atoms with Crippen LogP contribution in [-0.2, 0) is 0 Å². The molecule has 0 aromatic carbocycles. The van der Waals surface area contributed by atoms with Crippen LogP contribution in [0.25, 0.3) is 0 Å². The first-order chi connectivity index (χ1) is 7.04. The fourth-order valence-electron chi connectivity index (χ4n) is 3.38. The van der Waals surface area contributed by atoms with Crippen molar-refractivity contribution in [2.24, 2.45) is 29.6 Å². The van der Waals surface area contributed by atoms with Crippen molar-refractivity contribution in [1.82, 2.24) is 0 Å². The van der Waals surface area contributed by atoms with Crippen LogP contribution < -0.4 is 0 Å². The van der Waals surface area contributed by atoms with E-state index in [-0.39, 0.29) is 0 Å². The van der Waals surface area contributed by atoms with Gasteiger partial charge < -0.3 is 0 Å². The van der Waals surface area contributed by atoms with E-state index in [4.69, 9.17) is 0 Å². The molecule has 15 heavy (non-hydrogen) atoms. The van der Waals surface area contributed by atoms with Gasteiger partial charge in [-0.25, -0.2) is 0 Å². The first-order valence-electron chi connectivity index (χ1n) is 7.04. The highest BCUT2D eigenvalue weighted by atomic mass is 14.4. The summed E-state index contributed by atoms with van der Waals surface area (Å²) in [6.07, 6.45) is 7.36. The molecule has 1 fully saturated rings. The van der Waals surface area contributed by atoms with Gasteiger partial charge in [0.15, 0.2) is 0 Å². The van der Waals surface area contributed by atoms with E-state index in [1.807, 2.05) is 0 Å². The second-order valence-electron chi connectivity index (χ2n) is 6.38. The standard InChI is InChI=1S/C15H30/c1-6-13-10-14(12(4)5)7-8-15(13)9-11(2)3/h11-15H,6-10H2,1-5H3. The number of rotatable bonds is 4. The van der Waals surface area contributed by atoms with E-state index < -0.39 is 0 Å². The van der Waals surface area contributed by atoms with Gasteiger partial charge in [0.05, 0.1) is 0 Å². The average molecular weight is 210 g/mol. The summed E-state index contributed by atoms with van der Waals surface area (Å²) in [6, 6.07) is 0. The summed E-state index contributed by atoms with van der Waals surface area (Å²) >= 11 is 0. The Bertz CT molecular complexity index is 169. The molecule has 0 heteroatoms. The lowest BCUT2D eigenvalue weighted by molar-refractivity contribution is 0.127. The van der Waals surface area contributed by atoms with Crippen LogP contribution in [0.4, 0.5) is 0 Å². The fourth-order valence-corrected chi connectivity index (χ4v) is 3.38. The molecule has 3 unspecified atom stereocenters. The van der Waals surface area contributed by atoms with E-state index in [1.165, 1.54) is 32.1 Å². The third kappa shape index (κ3) is 3.81. The Balaban J connectivity index is 2.49. The van der Waals surface area contributed by atoms with Crippen LogP contribution in [0.5, 0.6) is 0 Å². The Kier molecular flexibility index (Phi) is 5.15. The van der Waals surface area contributed by atoms with Gasteiger partial charge in [-0.1, -0.05) is 41.0 Å². The molecule has 1 aliphatic carbocycles. The van der Waals surface area contributed by atoms with Gasteiger partial charge in [0.25, 0.3) is 0 Å². The first-order valence-corrected chi connectivity index (χ1v) is 7.04. The van der Waals surface area contributed by atoms with E-state index in [1.54, 1.807) is 0 Å². The minimum absolute atomic E-state index is 0.889. The van der Waals surface area contributed by atoms with Crippen LogP contribution in [0.15, 0.2) is 0 Å². The molecule has 1 aliphatic rings. The molecular formula is C15H30. The van der Waals surface area contributed by atoms with Gasteiger partial charge in [-0.3, -0.25) is 0 Å². The molecule has 0 aromatic heterocycles. The Labute approximate surface area is 96.8 Å². The van der Waals surface area contributed by atoms with Crippen molar-refractivity contribution in [3.05, 3.63) is 0 Å². The van der Waals surface area contributed by atoms with Crippen molar-refractivity contribution in [2.45, 2.75) is 66.7 Å². The third-order valence-corrected chi connectivity index (χ3v) is 4.42. The summed E-state index contributed by atoms with van der Waals surface area (Å²) < 4.78 is 0. The molecule has 0 spiro atoms. The minimum Gasteiger partial charge on any atom is -0.0651 e. The molecule has 0 N–H and O–H groups in total. The summed E-state index contributed by atoms with van der Waals surface area (Å²) in [5, 5.41) is 0. The molecule has 90 valence electrons. The molecule has 0 amide bonds. The van der Waals surface area contributed by atoms with Crippen LogP contribution in [0, 0.1) is 29.6 Å². The maximum atomic E-state index is 2.40. The zero-order chi connectivity index (χ0) is 11.4. The van der Waals surface area contributed by atoms with Gasteiger partial charge in [0.1, 0.15) is 0 Å². The van der Waals surface area contributed by atoms with Gasteiger partial charge in [0.2, 0.25) is 0 Å². The molecule has 0 aliphatic heterocycles. The first kappa shape index (κ1) is 13.1. The maximum absolute atomic E-state index is 2.40. The van der Waals surface area contributed by atoms with Gasteiger partial charge in [-0.05, 0) is 55.3 Å². The largest absolute Gasteiger partial charge is 0.0651 e. The summed E-state index contributed by atoms with van der Waals surface area (Å²) in [6.45, 7) is 11.9. The summed E-state index contributed by atoms with van der Waals surface area (Å²) in [7, 11) is 0. The van der Waals surface area contributed by atoms with E-state index in [0.717, 1.165) is 29.6 Å². The smallest absolute Gasteiger partial charge is 0.0383 e. The highest BCUT2D eigenvalue weighted by Gasteiger charge is 2.30. The van der Waals surface area contributed by atoms with Crippen molar-refractivity contribution in [3.8, 4) is 0 Å². The van der Waals surface area contributed by atoms with Gasteiger partial charge >= 0.3 is 0 Å². The maximum Gasteiger partial charge on any atom is -0.0383 e. The van der Waals surface area contributed by atoms with Crippen molar-refractivity contribution in [1.29, 1.82) is 0 Å². The summed E-state index contributed by atoms with van der Waals surface area (Å²) in [5.74, 6) is 4.86. The molecule has 0 radical (unpaired) electrons. The molecule has 0 saturated heterocycles. The van der Waals surface area contributed by atoms with Crippen LogP contribution in [0.2, 0.25) is 0 Å². The molecule has 1 rings (SSSR count). The second kappa shape index (κ2) is 5.92. The Morgan fingerprint density at radius 2 is 1.67 bits per heavy atom. The Morgan fingerprint density at radius 3 is 2.13 bits per heavy atom. The Hall–Kier alpha value is 0. The second-order valence-corrected chi connectivity index (χ2v) is 6.38. The SMILES string of the molecule is CCC1CC(C(C)C)CCC1CC(C)C. The molecular weight excluding hydrogens is 180 g/mol. The minimum atomic E-state index is 0.889. The fraction of sp³-hybridized carbons (Fsp3) is 1.00. The normalized spacial score (nSPS) is 32.6. The van der Waals surface area contributed by atoms with Crippen LogP contribution in [0.3, 0.4) is 0 Å². The third-order valence-electron chi connectivity index (χ3n) is 4.42. The van der Waals surface area contributed by atoms with Crippen molar-refractivity contribution < 1.29 is 0 Å². The lowest BCUT2D eigenvalue weighted by Crippen LogP contribution is -2.28. The quantitative estimate of drug-likeness (QED) is 0.603. The molecule has 0 nitrogen and oxygen atoms in total. The van der Waals surface area contributed by atoms with Crippen LogP contribution in [-0.4, -0.2) is 0 Å². The van der Waals surface area contributed by atoms with Gasteiger partial charge in [-0.2, -0.15) is 0 Å². The Morgan fingerprint density at radius 1 is 1.00 bits per heavy atom. The van der Waals surface area contributed by atoms with E-state index >= 15 is 0 Å². The van der Waals surface area contributed by atoms with E-state index in [0.29, 0.717) is 0 Å². The zero-order valence-electron chi connectivity index (χ0n) is 11.4. The monoisotopic (exact) mass is 210 g/mol. The van der Waals surface area contributed by atoms with Crippen LogP contribution in [0.1, 0.15) is 66.7 Å². The highest BCUT2D eigenvalue weighted by molar-refractivity contribution is 4.81. The highest BCUT2D eigenvalue weighted by Crippen LogP contribution is 2.41. The lowest BCUT2D eigenvalue weighted by atomic mass is 9.68. The van der Waals surface area contributed by atoms with E-state index in [9.17, 15) is 0 Å². The zero-order valence-corrected chi connectivity index (χ0v) is 11.4. The summed E-state index contributed by atoms with van der Waals surface area (Å²) in [4.78, 5) is 0. The average Bonchev–Trinajstić information content (AvgIpc) is 2.17. The molecule has 0 aromatic rings. The lowest BCUT2D eigenvalue weighted by Gasteiger charge is -2.38.